The van der Waals surface area contributed by atoms with Crippen LogP contribution in [0.15, 0.2) is 0 Å². The zero-order chi connectivity index (χ0) is 11.2. The lowest BCUT2D eigenvalue weighted by molar-refractivity contribution is 0.0777. The first kappa shape index (κ1) is 12.3. The maximum atomic E-state index is 10.1. The van der Waals surface area contributed by atoms with Crippen LogP contribution in [0.25, 0.3) is 0 Å². The standard InChI is InChI=1S/C13H26N2O/c16-13(12-5-8-14-9-6-12)3-1-2-11-4-7-15-10-11/h11-16H,1-10H2. The molecule has 0 radical (unpaired) electrons. The second kappa shape index (κ2) is 6.58. The molecule has 0 aromatic heterocycles. The van der Waals surface area contributed by atoms with Crippen molar-refractivity contribution in [3.8, 4) is 0 Å². The Morgan fingerprint density at radius 1 is 1.06 bits per heavy atom. The van der Waals surface area contributed by atoms with Crippen LogP contribution < -0.4 is 10.6 Å². The third kappa shape index (κ3) is 3.72. The molecule has 0 bridgehead atoms. The molecular weight excluding hydrogens is 200 g/mol. The summed E-state index contributed by atoms with van der Waals surface area (Å²) in [6, 6.07) is 0. The molecule has 2 rings (SSSR count). The van der Waals surface area contributed by atoms with Gasteiger partial charge in [-0.25, -0.2) is 0 Å². The zero-order valence-corrected chi connectivity index (χ0v) is 10.3. The van der Waals surface area contributed by atoms with Gasteiger partial charge >= 0.3 is 0 Å². The summed E-state index contributed by atoms with van der Waals surface area (Å²) in [5.74, 6) is 1.43. The Morgan fingerprint density at radius 2 is 1.81 bits per heavy atom. The fraction of sp³-hybridized carbons (Fsp3) is 1.00. The monoisotopic (exact) mass is 226 g/mol. The number of piperidine rings is 1. The van der Waals surface area contributed by atoms with E-state index in [4.69, 9.17) is 0 Å². The minimum Gasteiger partial charge on any atom is -0.393 e. The molecule has 3 N–H and O–H groups in total. The van der Waals surface area contributed by atoms with Crippen molar-refractivity contribution in [2.75, 3.05) is 26.2 Å². The van der Waals surface area contributed by atoms with Crippen molar-refractivity contribution < 1.29 is 5.11 Å². The smallest absolute Gasteiger partial charge is 0.0569 e. The molecule has 0 amide bonds. The van der Waals surface area contributed by atoms with Gasteiger partial charge in [-0.2, -0.15) is 0 Å². The lowest BCUT2D eigenvalue weighted by atomic mass is 9.88. The number of aliphatic hydroxyl groups excluding tert-OH is 1. The topological polar surface area (TPSA) is 44.3 Å². The van der Waals surface area contributed by atoms with Gasteiger partial charge in [0.05, 0.1) is 6.10 Å². The average molecular weight is 226 g/mol. The second-order valence-corrected chi connectivity index (χ2v) is 5.44. The Labute approximate surface area is 99.0 Å². The zero-order valence-electron chi connectivity index (χ0n) is 10.3. The van der Waals surface area contributed by atoms with Crippen molar-refractivity contribution in [3.05, 3.63) is 0 Å². The van der Waals surface area contributed by atoms with Gasteiger partial charge in [0, 0.05) is 0 Å². The summed E-state index contributed by atoms with van der Waals surface area (Å²) in [5.41, 5.74) is 0. The van der Waals surface area contributed by atoms with Crippen LogP contribution in [0.4, 0.5) is 0 Å². The van der Waals surface area contributed by atoms with Crippen LogP contribution in [0.1, 0.15) is 38.5 Å². The summed E-state index contributed by atoms with van der Waals surface area (Å²) in [5, 5.41) is 16.9. The van der Waals surface area contributed by atoms with Crippen LogP contribution >= 0.6 is 0 Å². The first-order chi connectivity index (χ1) is 7.86. The van der Waals surface area contributed by atoms with E-state index in [1.54, 1.807) is 0 Å². The average Bonchev–Trinajstić information content (AvgIpc) is 2.83. The van der Waals surface area contributed by atoms with Gasteiger partial charge in [-0.1, -0.05) is 6.42 Å². The lowest BCUT2D eigenvalue weighted by Gasteiger charge is -2.27. The number of rotatable bonds is 5. The Balaban J connectivity index is 1.57. The van der Waals surface area contributed by atoms with Crippen LogP contribution in [0.3, 0.4) is 0 Å². The van der Waals surface area contributed by atoms with E-state index in [-0.39, 0.29) is 6.10 Å². The number of nitrogens with one attached hydrogen (secondary N) is 2. The van der Waals surface area contributed by atoms with E-state index < -0.39 is 0 Å². The fourth-order valence-corrected chi connectivity index (χ4v) is 3.04. The highest BCUT2D eigenvalue weighted by atomic mass is 16.3. The van der Waals surface area contributed by atoms with Gasteiger partial charge in [-0.05, 0) is 70.1 Å². The molecule has 2 heterocycles. The quantitative estimate of drug-likeness (QED) is 0.658. The van der Waals surface area contributed by atoms with Gasteiger partial charge in [-0.3, -0.25) is 0 Å². The molecule has 2 atom stereocenters. The third-order valence-corrected chi connectivity index (χ3v) is 4.20. The molecule has 2 aliphatic heterocycles. The van der Waals surface area contributed by atoms with Gasteiger partial charge in [0.25, 0.3) is 0 Å². The number of hydrogen-bond acceptors (Lipinski definition) is 3. The van der Waals surface area contributed by atoms with Gasteiger partial charge in [-0.15, -0.1) is 0 Å². The molecule has 0 spiro atoms. The molecule has 2 saturated heterocycles. The molecule has 3 heteroatoms. The highest BCUT2D eigenvalue weighted by molar-refractivity contribution is 4.76. The Morgan fingerprint density at radius 3 is 2.50 bits per heavy atom. The van der Waals surface area contributed by atoms with Crippen LogP contribution in [0.2, 0.25) is 0 Å². The Bertz CT molecular complexity index is 186. The summed E-state index contributed by atoms with van der Waals surface area (Å²) in [6.45, 7) is 4.58. The summed E-state index contributed by atoms with van der Waals surface area (Å²) in [6.07, 6.45) is 7.13. The van der Waals surface area contributed by atoms with Crippen molar-refractivity contribution in [2.45, 2.75) is 44.6 Å². The molecule has 3 nitrogen and oxygen atoms in total. The van der Waals surface area contributed by atoms with E-state index in [1.807, 2.05) is 0 Å². The third-order valence-electron chi connectivity index (χ3n) is 4.20. The van der Waals surface area contributed by atoms with Gasteiger partial charge < -0.3 is 15.7 Å². The second-order valence-electron chi connectivity index (χ2n) is 5.44. The molecule has 0 aromatic carbocycles. The van der Waals surface area contributed by atoms with Gasteiger partial charge in [0.2, 0.25) is 0 Å². The minimum absolute atomic E-state index is 0.0449. The fourth-order valence-electron chi connectivity index (χ4n) is 3.04. The molecular formula is C13H26N2O. The molecule has 94 valence electrons. The summed E-state index contributed by atoms with van der Waals surface area (Å²) in [4.78, 5) is 0. The van der Waals surface area contributed by atoms with Crippen LogP contribution in [-0.4, -0.2) is 37.4 Å². The van der Waals surface area contributed by atoms with Crippen LogP contribution in [-0.2, 0) is 0 Å². The van der Waals surface area contributed by atoms with E-state index in [0.717, 1.165) is 38.3 Å². The molecule has 2 unspecified atom stereocenters. The summed E-state index contributed by atoms with van der Waals surface area (Å²) >= 11 is 0. The molecule has 2 fully saturated rings. The molecule has 0 aliphatic carbocycles. The van der Waals surface area contributed by atoms with Crippen LogP contribution in [0.5, 0.6) is 0 Å². The van der Waals surface area contributed by atoms with Crippen molar-refractivity contribution in [1.29, 1.82) is 0 Å². The Kier molecular flexibility index (Phi) is 5.07. The van der Waals surface area contributed by atoms with Crippen molar-refractivity contribution in [3.63, 3.8) is 0 Å². The SMILES string of the molecule is OC(CCCC1CCNC1)C1CCNCC1. The largest absolute Gasteiger partial charge is 0.393 e. The molecule has 16 heavy (non-hydrogen) atoms. The van der Waals surface area contributed by atoms with E-state index >= 15 is 0 Å². The first-order valence-corrected chi connectivity index (χ1v) is 6.96. The van der Waals surface area contributed by atoms with E-state index in [0.29, 0.717) is 5.92 Å². The molecule has 2 aliphatic rings. The predicted molar refractivity (Wildman–Crippen MR) is 66.4 cm³/mol. The maximum absolute atomic E-state index is 10.1. The van der Waals surface area contributed by atoms with Crippen LogP contribution in [0, 0.1) is 11.8 Å². The van der Waals surface area contributed by atoms with Crippen molar-refractivity contribution >= 4 is 0 Å². The summed E-state index contributed by atoms with van der Waals surface area (Å²) < 4.78 is 0. The van der Waals surface area contributed by atoms with Gasteiger partial charge in [0.1, 0.15) is 0 Å². The Hall–Kier alpha value is -0.120. The van der Waals surface area contributed by atoms with E-state index in [9.17, 15) is 5.11 Å². The first-order valence-electron chi connectivity index (χ1n) is 6.96. The number of aliphatic hydroxyl groups is 1. The summed E-state index contributed by atoms with van der Waals surface area (Å²) in [7, 11) is 0. The normalized spacial score (nSPS) is 29.4. The van der Waals surface area contributed by atoms with Crippen molar-refractivity contribution in [2.24, 2.45) is 11.8 Å². The number of hydrogen-bond donors (Lipinski definition) is 3. The van der Waals surface area contributed by atoms with Crippen molar-refractivity contribution in [1.82, 2.24) is 10.6 Å². The van der Waals surface area contributed by atoms with E-state index in [2.05, 4.69) is 10.6 Å². The van der Waals surface area contributed by atoms with E-state index in [1.165, 1.54) is 32.4 Å². The lowest BCUT2D eigenvalue weighted by Crippen LogP contribution is -2.34. The van der Waals surface area contributed by atoms with Gasteiger partial charge in [0.15, 0.2) is 0 Å². The molecule has 0 saturated carbocycles. The highest BCUT2D eigenvalue weighted by Crippen LogP contribution is 2.22. The maximum Gasteiger partial charge on any atom is 0.0569 e. The highest BCUT2D eigenvalue weighted by Gasteiger charge is 2.21. The predicted octanol–water partition coefficient (Wildman–Crippen LogP) is 1.13. The minimum atomic E-state index is -0.0449. The molecule has 0 aromatic rings.